The summed E-state index contributed by atoms with van der Waals surface area (Å²) in [7, 11) is 0. The number of unbranched alkanes of at least 4 members (excludes halogenated alkanes) is 1. The summed E-state index contributed by atoms with van der Waals surface area (Å²) in [6, 6.07) is 14.7. The first-order valence-corrected chi connectivity index (χ1v) is 17.7. The Morgan fingerprint density at radius 1 is 0.979 bits per heavy atom. The number of H-pyrrole nitrogens is 1. The number of hydrogen-bond donors (Lipinski definition) is 5. The molecule has 0 radical (unpaired) electrons. The first-order chi connectivity index (χ1) is 22.1. The number of rotatable bonds is 12. The van der Waals surface area contributed by atoms with Crippen LogP contribution in [0.25, 0.3) is 16.7 Å². The first kappa shape index (κ1) is 37.9. The molecule has 2 aromatic heterocycles. The van der Waals surface area contributed by atoms with Crippen LogP contribution in [0.2, 0.25) is 0 Å². The van der Waals surface area contributed by atoms with E-state index in [0.29, 0.717) is 12.2 Å². The molecule has 0 unspecified atom stereocenters. The van der Waals surface area contributed by atoms with Gasteiger partial charge in [0.25, 0.3) is 0 Å². The maximum absolute atomic E-state index is 12.5. The second kappa shape index (κ2) is 17.0. The van der Waals surface area contributed by atoms with Crippen LogP contribution in [0.4, 0.5) is 0 Å². The van der Waals surface area contributed by atoms with Crippen LogP contribution in [0.15, 0.2) is 63.3 Å². The Balaban J connectivity index is 0.000000287. The van der Waals surface area contributed by atoms with Crippen molar-refractivity contribution in [2.45, 2.75) is 96.4 Å². The summed E-state index contributed by atoms with van der Waals surface area (Å²) in [5.74, 6) is 0.123. The number of aryl methyl sites for hydroxylation is 1. The van der Waals surface area contributed by atoms with Crippen molar-refractivity contribution in [2.24, 2.45) is 22.2 Å². The highest BCUT2D eigenvalue weighted by atomic mass is 32.2. The molecule has 10 heteroatoms. The molecule has 0 bridgehead atoms. The molecule has 9 nitrogen and oxygen atoms in total. The lowest BCUT2D eigenvalue weighted by Gasteiger charge is -2.24. The molecule has 2 aromatic carbocycles. The predicted molar refractivity (Wildman–Crippen MR) is 201 cm³/mol. The lowest BCUT2D eigenvalue weighted by Crippen LogP contribution is -2.23. The van der Waals surface area contributed by atoms with E-state index in [4.69, 9.17) is 17.2 Å². The summed E-state index contributed by atoms with van der Waals surface area (Å²) >= 11 is 1.85. The van der Waals surface area contributed by atoms with Gasteiger partial charge in [0.2, 0.25) is 0 Å². The van der Waals surface area contributed by atoms with Crippen LogP contribution in [-0.4, -0.2) is 46.4 Å². The minimum atomic E-state index is -0.301. The lowest BCUT2D eigenvalue weighted by molar-refractivity contribution is 0.574. The number of guanidine groups is 1. The van der Waals surface area contributed by atoms with Crippen LogP contribution >= 0.6 is 11.8 Å². The van der Waals surface area contributed by atoms with Crippen molar-refractivity contribution in [3.05, 3.63) is 87.1 Å². The number of thioether (sulfide) groups is 1. The van der Waals surface area contributed by atoms with E-state index in [0.717, 1.165) is 61.2 Å². The smallest absolute Gasteiger partial charge is 0.354 e. The van der Waals surface area contributed by atoms with E-state index in [1.807, 2.05) is 42.2 Å². The number of fused-ring (bicyclic) bond motifs is 1. The van der Waals surface area contributed by atoms with Gasteiger partial charge in [-0.2, -0.15) is 4.98 Å². The standard InChI is InChI=1S/C21H29N7O.C16H27NS/c1-21(2,3)17-11-15-13-28(20(29)27-18(15)26-17)16-7-5-14(6-8-16)12-24-9-4-10-25-19(22)23;1-12-14(16(2,3)4)10-13(8-6-7-9-17)11-15(12)18-5/h5-8,11,13,24H,4,9-10,12H2,1-3H3,(H4,22,23,25)(H,26,27,29);10-11H,6-9,17H2,1-5H3. The lowest BCUT2D eigenvalue weighted by atomic mass is 9.82. The molecule has 0 saturated heterocycles. The Morgan fingerprint density at radius 3 is 2.28 bits per heavy atom. The van der Waals surface area contributed by atoms with Crippen LogP contribution in [0.5, 0.6) is 0 Å². The third-order valence-electron chi connectivity index (χ3n) is 8.03. The van der Waals surface area contributed by atoms with Crippen molar-refractivity contribution in [2.75, 3.05) is 25.9 Å². The molecular formula is C37H56N8OS. The molecule has 4 aromatic rings. The van der Waals surface area contributed by atoms with Gasteiger partial charge in [-0.1, -0.05) is 59.7 Å². The van der Waals surface area contributed by atoms with E-state index in [1.165, 1.54) is 28.0 Å². The van der Waals surface area contributed by atoms with Crippen LogP contribution in [-0.2, 0) is 23.8 Å². The Labute approximate surface area is 285 Å². The largest absolute Gasteiger partial charge is 0.370 e. The third-order valence-corrected chi connectivity index (χ3v) is 8.90. The zero-order valence-corrected chi connectivity index (χ0v) is 30.5. The molecule has 47 heavy (non-hydrogen) atoms. The maximum atomic E-state index is 12.5. The maximum Gasteiger partial charge on any atom is 0.354 e. The first-order valence-electron chi connectivity index (χ1n) is 16.5. The molecule has 0 amide bonds. The van der Waals surface area contributed by atoms with Crippen molar-refractivity contribution in [3.8, 4) is 5.69 Å². The minimum absolute atomic E-state index is 0.0352. The van der Waals surface area contributed by atoms with E-state index in [1.54, 1.807) is 4.57 Å². The van der Waals surface area contributed by atoms with E-state index < -0.39 is 0 Å². The van der Waals surface area contributed by atoms with Crippen LogP contribution in [0, 0.1) is 6.92 Å². The Morgan fingerprint density at radius 2 is 1.68 bits per heavy atom. The average molecular weight is 661 g/mol. The van der Waals surface area contributed by atoms with Gasteiger partial charge >= 0.3 is 5.69 Å². The topological polar surface area (TPSA) is 153 Å². The zero-order valence-electron chi connectivity index (χ0n) is 29.7. The fourth-order valence-corrected chi connectivity index (χ4v) is 6.04. The second-order valence-electron chi connectivity index (χ2n) is 14.1. The molecule has 0 aliphatic heterocycles. The number of aliphatic imine (C=N–C) groups is 1. The third kappa shape index (κ3) is 11.3. The average Bonchev–Trinajstić information content (AvgIpc) is 3.43. The summed E-state index contributed by atoms with van der Waals surface area (Å²) in [5.41, 5.74) is 24.0. The van der Waals surface area contributed by atoms with E-state index in [-0.39, 0.29) is 22.5 Å². The fourth-order valence-electron chi connectivity index (χ4n) is 5.36. The van der Waals surface area contributed by atoms with E-state index in [2.05, 4.69) is 93.2 Å². The molecule has 4 rings (SSSR count). The van der Waals surface area contributed by atoms with Gasteiger partial charge in [0.05, 0.1) is 5.69 Å². The highest BCUT2D eigenvalue weighted by Crippen LogP contribution is 2.33. The number of nitrogens with two attached hydrogens (primary N) is 3. The molecule has 2 heterocycles. The van der Waals surface area contributed by atoms with Gasteiger partial charge in [0, 0.05) is 40.7 Å². The monoisotopic (exact) mass is 660 g/mol. The normalized spacial score (nSPS) is 11.8. The molecule has 0 saturated carbocycles. The van der Waals surface area contributed by atoms with Crippen LogP contribution in [0.1, 0.15) is 88.8 Å². The summed E-state index contributed by atoms with van der Waals surface area (Å²) in [6.45, 7) is 18.5. The molecule has 0 aliphatic carbocycles. The quantitative estimate of drug-likeness (QED) is 0.0536. The fraction of sp³-hybridized carbons (Fsp3) is 0.486. The van der Waals surface area contributed by atoms with E-state index >= 15 is 0 Å². The molecule has 0 fully saturated rings. The number of hydrogen-bond acceptors (Lipinski definition) is 6. The van der Waals surface area contributed by atoms with Crippen LogP contribution in [0.3, 0.4) is 0 Å². The Bertz CT molecular complexity index is 1670. The number of aromatic amines is 1. The van der Waals surface area contributed by atoms with Crippen LogP contribution < -0.4 is 28.2 Å². The second-order valence-corrected chi connectivity index (χ2v) is 14.9. The molecular weight excluding hydrogens is 605 g/mol. The van der Waals surface area contributed by atoms with Crippen molar-refractivity contribution in [3.63, 3.8) is 0 Å². The highest BCUT2D eigenvalue weighted by molar-refractivity contribution is 7.98. The van der Waals surface area contributed by atoms with Gasteiger partial charge in [0.1, 0.15) is 5.65 Å². The number of nitrogens with zero attached hydrogens (tertiary/aromatic N) is 3. The van der Waals surface area contributed by atoms with Gasteiger partial charge in [-0.3, -0.25) is 9.56 Å². The molecule has 256 valence electrons. The van der Waals surface area contributed by atoms with Gasteiger partial charge in [0.15, 0.2) is 5.96 Å². The summed E-state index contributed by atoms with van der Waals surface area (Å²) in [4.78, 5) is 25.3. The Kier molecular flexibility index (Phi) is 13.7. The van der Waals surface area contributed by atoms with Crippen molar-refractivity contribution in [1.29, 1.82) is 0 Å². The number of aromatic nitrogens is 3. The molecule has 0 spiro atoms. The molecule has 0 aliphatic rings. The highest BCUT2D eigenvalue weighted by Gasteiger charge is 2.19. The van der Waals surface area contributed by atoms with Gasteiger partial charge in [-0.15, -0.1) is 11.8 Å². The summed E-state index contributed by atoms with van der Waals surface area (Å²) in [5, 5.41) is 4.27. The van der Waals surface area contributed by atoms with Crippen molar-refractivity contribution >= 4 is 28.8 Å². The van der Waals surface area contributed by atoms with E-state index in [9.17, 15) is 4.79 Å². The zero-order chi connectivity index (χ0) is 34.8. The van der Waals surface area contributed by atoms with Gasteiger partial charge < -0.3 is 27.5 Å². The molecule has 8 N–H and O–H groups in total. The SMILES string of the molecule is CC(C)(C)c1cc2cn(-c3ccc(CNCCCN=C(N)N)cc3)c(=O)nc2[nH]1.CSc1cc(CCCCN)cc(C(C)(C)C)c1C. The van der Waals surface area contributed by atoms with Crippen molar-refractivity contribution < 1.29 is 0 Å². The van der Waals surface area contributed by atoms with Gasteiger partial charge in [-0.25, -0.2) is 4.79 Å². The molecule has 0 atom stereocenters. The van der Waals surface area contributed by atoms with Crippen molar-refractivity contribution in [1.82, 2.24) is 19.9 Å². The summed E-state index contributed by atoms with van der Waals surface area (Å²) in [6.07, 6.45) is 8.33. The number of nitrogens with one attached hydrogen (secondary N) is 2. The minimum Gasteiger partial charge on any atom is -0.370 e. The summed E-state index contributed by atoms with van der Waals surface area (Å²) < 4.78 is 1.58. The predicted octanol–water partition coefficient (Wildman–Crippen LogP) is 6.06. The number of benzene rings is 2. The Hall–Kier alpha value is -3.60. The van der Waals surface area contributed by atoms with Gasteiger partial charge in [-0.05, 0) is 104 Å².